The Labute approximate surface area is 78.6 Å². The van der Waals surface area contributed by atoms with Crippen LogP contribution in [0.1, 0.15) is 30.9 Å². The third-order valence-electron chi connectivity index (χ3n) is 2.61. The van der Waals surface area contributed by atoms with Crippen molar-refractivity contribution in [3.05, 3.63) is 29.8 Å². The van der Waals surface area contributed by atoms with Gasteiger partial charge >= 0.3 is 0 Å². The second-order valence-corrected chi connectivity index (χ2v) is 3.59. The zero-order valence-corrected chi connectivity index (χ0v) is 7.66. The Kier molecular flexibility index (Phi) is 2.50. The molecule has 1 heterocycles. The maximum Gasteiger partial charge on any atom is 0.115 e. The van der Waals surface area contributed by atoms with Crippen molar-refractivity contribution in [3.63, 3.8) is 0 Å². The van der Waals surface area contributed by atoms with Crippen LogP contribution in [-0.2, 0) is 0 Å². The highest BCUT2D eigenvalue weighted by atomic mass is 16.3. The molecule has 1 aromatic rings. The van der Waals surface area contributed by atoms with Crippen molar-refractivity contribution in [2.24, 2.45) is 0 Å². The van der Waals surface area contributed by atoms with Gasteiger partial charge in [-0.3, -0.25) is 0 Å². The minimum Gasteiger partial charge on any atom is -0.508 e. The van der Waals surface area contributed by atoms with Gasteiger partial charge in [0.1, 0.15) is 5.75 Å². The van der Waals surface area contributed by atoms with Crippen LogP contribution in [0.15, 0.2) is 24.3 Å². The molecule has 2 rings (SSSR count). The minimum atomic E-state index is 0.347. The summed E-state index contributed by atoms with van der Waals surface area (Å²) in [6.45, 7) is 1.12. The molecule has 1 unspecified atom stereocenters. The van der Waals surface area contributed by atoms with Gasteiger partial charge in [0.05, 0.1) is 0 Å². The minimum absolute atomic E-state index is 0.347. The van der Waals surface area contributed by atoms with Crippen LogP contribution >= 0.6 is 0 Å². The maximum atomic E-state index is 9.13. The summed E-state index contributed by atoms with van der Waals surface area (Å²) < 4.78 is 0. The molecule has 1 fully saturated rings. The van der Waals surface area contributed by atoms with E-state index < -0.39 is 0 Å². The fourth-order valence-electron chi connectivity index (χ4n) is 1.84. The Hall–Kier alpha value is -1.02. The molecule has 2 nitrogen and oxygen atoms in total. The molecule has 1 atom stereocenters. The lowest BCUT2D eigenvalue weighted by molar-refractivity contribution is 0.411. The Bertz CT molecular complexity index is 262. The van der Waals surface area contributed by atoms with Crippen LogP contribution in [0.3, 0.4) is 0 Å². The van der Waals surface area contributed by atoms with E-state index in [4.69, 9.17) is 5.11 Å². The molecular weight excluding hydrogens is 162 g/mol. The first kappa shape index (κ1) is 8.57. The van der Waals surface area contributed by atoms with Gasteiger partial charge in [0.15, 0.2) is 0 Å². The van der Waals surface area contributed by atoms with Crippen molar-refractivity contribution >= 4 is 0 Å². The zero-order chi connectivity index (χ0) is 9.10. The van der Waals surface area contributed by atoms with Crippen LogP contribution in [0.25, 0.3) is 0 Å². The highest BCUT2D eigenvalue weighted by Crippen LogP contribution is 2.23. The topological polar surface area (TPSA) is 32.3 Å². The van der Waals surface area contributed by atoms with Crippen LogP contribution in [0.2, 0.25) is 0 Å². The summed E-state index contributed by atoms with van der Waals surface area (Å²) in [6.07, 6.45) is 3.80. The Morgan fingerprint density at radius 3 is 2.54 bits per heavy atom. The summed E-state index contributed by atoms with van der Waals surface area (Å²) in [5.41, 5.74) is 1.29. The molecule has 0 radical (unpaired) electrons. The standard InChI is InChI=1S/C11H15NO/c13-10-6-4-9(5-7-10)11-3-1-2-8-12-11/h4-7,11-13H,1-3,8H2. The lowest BCUT2D eigenvalue weighted by Gasteiger charge is -2.23. The van der Waals surface area contributed by atoms with Crippen LogP contribution in [0.4, 0.5) is 0 Å². The molecule has 2 N–H and O–H groups in total. The second kappa shape index (κ2) is 3.79. The molecule has 0 aliphatic carbocycles. The van der Waals surface area contributed by atoms with E-state index in [9.17, 15) is 0 Å². The molecule has 0 bridgehead atoms. The monoisotopic (exact) mass is 177 g/mol. The zero-order valence-electron chi connectivity index (χ0n) is 7.66. The van der Waals surface area contributed by atoms with Crippen molar-refractivity contribution in [2.75, 3.05) is 6.54 Å². The van der Waals surface area contributed by atoms with Gasteiger partial charge in [-0.2, -0.15) is 0 Å². The maximum absolute atomic E-state index is 9.13. The smallest absolute Gasteiger partial charge is 0.115 e. The summed E-state index contributed by atoms with van der Waals surface area (Å²) in [5, 5.41) is 12.6. The van der Waals surface area contributed by atoms with E-state index >= 15 is 0 Å². The number of phenolic OH excluding ortho intramolecular Hbond substituents is 1. The summed E-state index contributed by atoms with van der Waals surface area (Å²) in [5.74, 6) is 0.347. The number of phenols is 1. The van der Waals surface area contributed by atoms with E-state index in [1.54, 1.807) is 12.1 Å². The van der Waals surface area contributed by atoms with Gasteiger partial charge in [-0.25, -0.2) is 0 Å². The second-order valence-electron chi connectivity index (χ2n) is 3.59. The molecule has 2 heteroatoms. The molecule has 13 heavy (non-hydrogen) atoms. The van der Waals surface area contributed by atoms with E-state index in [-0.39, 0.29) is 0 Å². The number of aromatic hydroxyl groups is 1. The van der Waals surface area contributed by atoms with E-state index in [0.717, 1.165) is 6.54 Å². The number of benzene rings is 1. The predicted molar refractivity (Wildman–Crippen MR) is 52.7 cm³/mol. The van der Waals surface area contributed by atoms with Crippen LogP contribution in [0, 0.1) is 0 Å². The van der Waals surface area contributed by atoms with Gasteiger partial charge < -0.3 is 10.4 Å². The fourth-order valence-corrected chi connectivity index (χ4v) is 1.84. The van der Waals surface area contributed by atoms with Gasteiger partial charge in [-0.05, 0) is 37.1 Å². The molecule has 1 aliphatic heterocycles. The van der Waals surface area contributed by atoms with Crippen LogP contribution in [-0.4, -0.2) is 11.7 Å². The Morgan fingerprint density at radius 1 is 1.15 bits per heavy atom. The van der Waals surface area contributed by atoms with Gasteiger partial charge in [-0.1, -0.05) is 18.6 Å². The molecule has 1 saturated heterocycles. The van der Waals surface area contributed by atoms with E-state index in [1.165, 1.54) is 24.8 Å². The van der Waals surface area contributed by atoms with Gasteiger partial charge in [-0.15, -0.1) is 0 Å². The summed E-state index contributed by atoms with van der Waals surface area (Å²) in [7, 11) is 0. The number of rotatable bonds is 1. The summed E-state index contributed by atoms with van der Waals surface area (Å²) in [6, 6.07) is 8.00. The van der Waals surface area contributed by atoms with Crippen LogP contribution < -0.4 is 5.32 Å². The molecule has 0 saturated carbocycles. The fraction of sp³-hybridized carbons (Fsp3) is 0.455. The van der Waals surface area contributed by atoms with Crippen molar-refractivity contribution in [1.29, 1.82) is 0 Å². The van der Waals surface area contributed by atoms with Crippen LogP contribution in [0.5, 0.6) is 5.75 Å². The Morgan fingerprint density at radius 2 is 1.92 bits per heavy atom. The molecule has 1 aliphatic rings. The van der Waals surface area contributed by atoms with Gasteiger partial charge in [0.25, 0.3) is 0 Å². The molecule has 70 valence electrons. The lowest BCUT2D eigenvalue weighted by atomic mass is 9.98. The third-order valence-corrected chi connectivity index (χ3v) is 2.61. The first-order valence-electron chi connectivity index (χ1n) is 4.88. The first-order chi connectivity index (χ1) is 6.36. The van der Waals surface area contributed by atoms with Crippen molar-refractivity contribution in [3.8, 4) is 5.75 Å². The summed E-state index contributed by atoms with van der Waals surface area (Å²) in [4.78, 5) is 0. The van der Waals surface area contributed by atoms with Crippen molar-refractivity contribution < 1.29 is 5.11 Å². The SMILES string of the molecule is Oc1ccc(C2CCCCN2)cc1. The average Bonchev–Trinajstić information content (AvgIpc) is 2.20. The number of piperidine rings is 1. The number of nitrogens with one attached hydrogen (secondary N) is 1. The van der Waals surface area contributed by atoms with Gasteiger partial charge in [0, 0.05) is 6.04 Å². The number of hydrogen-bond acceptors (Lipinski definition) is 2. The molecule has 0 amide bonds. The van der Waals surface area contributed by atoms with Crippen molar-refractivity contribution in [2.45, 2.75) is 25.3 Å². The largest absolute Gasteiger partial charge is 0.508 e. The average molecular weight is 177 g/mol. The third kappa shape index (κ3) is 2.01. The highest BCUT2D eigenvalue weighted by Gasteiger charge is 2.13. The Balaban J connectivity index is 2.10. The molecular formula is C11H15NO. The molecule has 0 aromatic heterocycles. The lowest BCUT2D eigenvalue weighted by Crippen LogP contribution is -2.26. The molecule has 0 spiro atoms. The van der Waals surface area contributed by atoms with Gasteiger partial charge in [0.2, 0.25) is 0 Å². The molecule has 1 aromatic carbocycles. The van der Waals surface area contributed by atoms with E-state index in [2.05, 4.69) is 5.32 Å². The first-order valence-corrected chi connectivity index (χ1v) is 4.88. The summed E-state index contributed by atoms with van der Waals surface area (Å²) >= 11 is 0. The predicted octanol–water partition coefficient (Wildman–Crippen LogP) is 2.21. The quantitative estimate of drug-likeness (QED) is 0.689. The van der Waals surface area contributed by atoms with E-state index in [0.29, 0.717) is 11.8 Å². The van der Waals surface area contributed by atoms with E-state index in [1.807, 2.05) is 12.1 Å². The highest BCUT2D eigenvalue weighted by molar-refractivity contribution is 5.28. The normalized spacial score (nSPS) is 22.9. The number of hydrogen-bond donors (Lipinski definition) is 2. The van der Waals surface area contributed by atoms with Crippen molar-refractivity contribution in [1.82, 2.24) is 5.32 Å².